The molecule has 0 aromatic heterocycles. The molecule has 0 bridgehead atoms. The first-order valence-corrected chi connectivity index (χ1v) is 8.81. The number of Topliss-reactive ketones (excluding diaryl/α,β-unsaturated/α-hetero) is 1. The number of rotatable bonds is 7. The van der Waals surface area contributed by atoms with Crippen molar-refractivity contribution in [2.45, 2.75) is 71.0 Å². The predicted octanol–water partition coefficient (Wildman–Crippen LogP) is 5.41. The average molecular weight is 307 g/mol. The van der Waals surface area contributed by atoms with E-state index in [2.05, 4.69) is 58.9 Å². The summed E-state index contributed by atoms with van der Waals surface area (Å²) in [4.78, 5) is 11.2. The van der Waals surface area contributed by atoms with Crippen LogP contribution >= 0.6 is 11.8 Å². The van der Waals surface area contributed by atoms with E-state index in [-0.39, 0.29) is 15.9 Å². The minimum Gasteiger partial charge on any atom is -0.300 e. The van der Waals surface area contributed by atoms with Gasteiger partial charge in [-0.25, -0.2) is 0 Å². The number of hydrogen-bond acceptors (Lipinski definition) is 2. The first kappa shape index (κ1) is 18.3. The Morgan fingerprint density at radius 1 is 1.05 bits per heavy atom. The van der Waals surface area contributed by atoms with Gasteiger partial charge in [-0.15, -0.1) is 0 Å². The Bertz CT molecular complexity index is 451. The molecule has 0 fully saturated rings. The van der Waals surface area contributed by atoms with Crippen molar-refractivity contribution in [3.63, 3.8) is 0 Å². The molecule has 0 aliphatic rings. The molecule has 1 aromatic carbocycles. The molecule has 118 valence electrons. The molecule has 0 heterocycles. The Balaban J connectivity index is 2.38. The Morgan fingerprint density at radius 2 is 1.62 bits per heavy atom. The van der Waals surface area contributed by atoms with Gasteiger partial charge in [0.05, 0.1) is 0 Å². The highest BCUT2D eigenvalue weighted by Gasteiger charge is 2.20. The van der Waals surface area contributed by atoms with Crippen molar-refractivity contribution in [3.8, 4) is 0 Å². The number of thioether (sulfide) groups is 1. The van der Waals surface area contributed by atoms with E-state index in [9.17, 15) is 4.79 Å². The molecule has 1 rings (SSSR count). The summed E-state index contributed by atoms with van der Waals surface area (Å²) in [6.07, 6.45) is 2.95. The second-order valence-corrected chi connectivity index (χ2v) is 9.34. The summed E-state index contributed by atoms with van der Waals surface area (Å²) >= 11 is 1.91. The zero-order valence-corrected chi connectivity index (χ0v) is 15.3. The number of carbonyl (C=O) groups excluding carboxylic acids is 1. The van der Waals surface area contributed by atoms with Gasteiger partial charge in [-0.05, 0) is 42.1 Å². The summed E-state index contributed by atoms with van der Waals surface area (Å²) < 4.78 is 0.0714. The lowest BCUT2D eigenvalue weighted by atomic mass is 9.86. The van der Waals surface area contributed by atoms with Gasteiger partial charge < -0.3 is 0 Å². The molecule has 0 unspecified atom stereocenters. The van der Waals surface area contributed by atoms with Gasteiger partial charge in [0, 0.05) is 11.2 Å². The first-order chi connectivity index (χ1) is 9.60. The van der Waals surface area contributed by atoms with Gasteiger partial charge in [0.2, 0.25) is 0 Å². The lowest BCUT2D eigenvalue weighted by Crippen LogP contribution is -2.19. The molecule has 0 spiro atoms. The van der Waals surface area contributed by atoms with Gasteiger partial charge in [0.25, 0.3) is 0 Å². The third-order valence-corrected chi connectivity index (χ3v) is 5.02. The minimum atomic E-state index is 0.0714. The van der Waals surface area contributed by atoms with Crippen LogP contribution in [0.2, 0.25) is 0 Å². The zero-order chi connectivity index (χ0) is 16.1. The molecule has 2 heteroatoms. The van der Waals surface area contributed by atoms with E-state index in [4.69, 9.17) is 0 Å². The van der Waals surface area contributed by atoms with Crippen molar-refractivity contribution in [2.75, 3.05) is 5.75 Å². The Kier molecular flexibility index (Phi) is 6.52. The molecule has 1 nitrogen and oxygen atoms in total. The molecule has 0 saturated heterocycles. The van der Waals surface area contributed by atoms with Gasteiger partial charge in [0.1, 0.15) is 5.78 Å². The topological polar surface area (TPSA) is 17.1 Å². The Labute approximate surface area is 134 Å². The minimum absolute atomic E-state index is 0.0714. The summed E-state index contributed by atoms with van der Waals surface area (Å²) in [6, 6.07) is 9.02. The number of hydrogen-bond donors (Lipinski definition) is 0. The lowest BCUT2D eigenvalue weighted by molar-refractivity contribution is -0.117. The smallest absolute Gasteiger partial charge is 0.131 e. The third-order valence-electron chi connectivity index (χ3n) is 3.60. The summed E-state index contributed by atoms with van der Waals surface area (Å²) in [5, 5.41) is 0. The summed E-state index contributed by atoms with van der Waals surface area (Å²) in [7, 11) is 0. The number of carbonyl (C=O) groups is 1. The molecule has 0 amide bonds. The molecule has 0 saturated carbocycles. The molecule has 0 aliphatic carbocycles. The van der Waals surface area contributed by atoms with Gasteiger partial charge in [-0.3, -0.25) is 4.79 Å². The van der Waals surface area contributed by atoms with Crippen LogP contribution < -0.4 is 0 Å². The van der Waals surface area contributed by atoms with Crippen LogP contribution in [-0.4, -0.2) is 16.3 Å². The van der Waals surface area contributed by atoms with Crippen molar-refractivity contribution in [1.29, 1.82) is 0 Å². The summed E-state index contributed by atoms with van der Waals surface area (Å²) in [5.41, 5.74) is 3.03. The lowest BCUT2D eigenvalue weighted by Gasteiger charge is -2.22. The van der Waals surface area contributed by atoms with Crippen LogP contribution in [0.4, 0.5) is 0 Å². The van der Waals surface area contributed by atoms with Crippen LogP contribution in [-0.2, 0) is 16.6 Å². The molecule has 0 atom stereocenters. The molecule has 0 radical (unpaired) electrons. The van der Waals surface area contributed by atoms with E-state index >= 15 is 0 Å². The highest BCUT2D eigenvalue weighted by Crippen LogP contribution is 2.29. The van der Waals surface area contributed by atoms with Crippen molar-refractivity contribution in [3.05, 3.63) is 35.4 Å². The fourth-order valence-corrected chi connectivity index (χ4v) is 3.59. The number of ketones is 1. The maximum atomic E-state index is 11.2. The fourth-order valence-electron chi connectivity index (χ4n) is 2.45. The molecule has 21 heavy (non-hydrogen) atoms. The van der Waals surface area contributed by atoms with E-state index in [0.717, 1.165) is 12.2 Å². The SMILES string of the molecule is CC(=O)CC(C)(C)SCCCc1ccc(C(C)(C)C)cc1. The standard InChI is InChI=1S/C19H30OS/c1-15(20)14-19(5,6)21-13-7-8-16-9-11-17(12-10-16)18(2,3)4/h9-12H,7-8,13-14H2,1-6H3. The quantitative estimate of drug-likeness (QED) is 0.627. The van der Waals surface area contributed by atoms with E-state index in [1.54, 1.807) is 6.92 Å². The average Bonchev–Trinajstić information content (AvgIpc) is 2.32. The Morgan fingerprint density at radius 3 is 2.10 bits per heavy atom. The summed E-state index contributed by atoms with van der Waals surface area (Å²) in [5.74, 6) is 1.40. The second-order valence-electron chi connectivity index (χ2n) is 7.54. The predicted molar refractivity (Wildman–Crippen MR) is 95.3 cm³/mol. The van der Waals surface area contributed by atoms with E-state index < -0.39 is 0 Å². The Hall–Kier alpha value is -0.760. The third kappa shape index (κ3) is 7.17. The van der Waals surface area contributed by atoms with Gasteiger partial charge in [0.15, 0.2) is 0 Å². The first-order valence-electron chi connectivity index (χ1n) is 7.83. The van der Waals surface area contributed by atoms with Crippen molar-refractivity contribution >= 4 is 17.5 Å². The van der Waals surface area contributed by atoms with Crippen LogP contribution in [0.3, 0.4) is 0 Å². The number of benzene rings is 1. The highest BCUT2D eigenvalue weighted by atomic mass is 32.2. The second kappa shape index (κ2) is 7.49. The van der Waals surface area contributed by atoms with Crippen LogP contribution in [0, 0.1) is 0 Å². The van der Waals surface area contributed by atoms with E-state index in [0.29, 0.717) is 6.42 Å². The monoisotopic (exact) mass is 306 g/mol. The normalized spacial score (nSPS) is 12.5. The van der Waals surface area contributed by atoms with Crippen molar-refractivity contribution in [1.82, 2.24) is 0 Å². The van der Waals surface area contributed by atoms with Crippen LogP contribution in [0.15, 0.2) is 24.3 Å². The van der Waals surface area contributed by atoms with Crippen molar-refractivity contribution < 1.29 is 4.79 Å². The summed E-state index contributed by atoms with van der Waals surface area (Å²) in [6.45, 7) is 12.7. The number of aryl methyl sites for hydroxylation is 1. The van der Waals surface area contributed by atoms with E-state index in [1.807, 2.05) is 11.8 Å². The highest BCUT2D eigenvalue weighted by molar-refractivity contribution is 8.00. The van der Waals surface area contributed by atoms with Crippen molar-refractivity contribution in [2.24, 2.45) is 0 Å². The fraction of sp³-hybridized carbons (Fsp3) is 0.632. The van der Waals surface area contributed by atoms with Crippen LogP contribution in [0.25, 0.3) is 0 Å². The van der Waals surface area contributed by atoms with E-state index in [1.165, 1.54) is 17.5 Å². The van der Waals surface area contributed by atoms with Gasteiger partial charge >= 0.3 is 0 Å². The molecule has 0 aliphatic heterocycles. The van der Waals surface area contributed by atoms with Crippen LogP contribution in [0.5, 0.6) is 0 Å². The molecular weight excluding hydrogens is 276 g/mol. The maximum absolute atomic E-state index is 11.2. The molecular formula is C19H30OS. The molecule has 1 aromatic rings. The maximum Gasteiger partial charge on any atom is 0.131 e. The largest absolute Gasteiger partial charge is 0.300 e. The van der Waals surface area contributed by atoms with Gasteiger partial charge in [-0.1, -0.05) is 58.9 Å². The van der Waals surface area contributed by atoms with Gasteiger partial charge in [-0.2, -0.15) is 11.8 Å². The van der Waals surface area contributed by atoms with Crippen LogP contribution in [0.1, 0.15) is 65.5 Å². The molecule has 0 N–H and O–H groups in total. The zero-order valence-electron chi connectivity index (χ0n) is 14.5.